The van der Waals surface area contributed by atoms with Crippen LogP contribution in [0.2, 0.25) is 0 Å². The smallest absolute Gasteiger partial charge is 0.271 e. The summed E-state index contributed by atoms with van der Waals surface area (Å²) >= 11 is 1.70. The summed E-state index contributed by atoms with van der Waals surface area (Å²) < 4.78 is 17.0. The number of thiophene rings is 1. The Bertz CT molecular complexity index is 1240. The molecular weight excluding hydrogens is 449 g/mol. The third kappa shape index (κ3) is 4.04. The Kier molecular flexibility index (Phi) is 6.00. The van der Waals surface area contributed by atoms with Crippen molar-refractivity contribution in [3.8, 4) is 0 Å². The van der Waals surface area contributed by atoms with E-state index in [9.17, 15) is 14.0 Å². The molecule has 0 spiro atoms. The monoisotopic (exact) mass is 481 g/mol. The number of fused-ring (bicyclic) bond motifs is 3. The molecule has 0 bridgehead atoms. The SMILES string of the molecule is CCc1cc2c(cc3n2C[C@@](C)(C(=O)NC2CCC(C)CC2)N(Cc2cccc(F)c2)C3=O)s1. The lowest BCUT2D eigenvalue weighted by Gasteiger charge is -2.45. The van der Waals surface area contributed by atoms with Gasteiger partial charge in [0.15, 0.2) is 0 Å². The van der Waals surface area contributed by atoms with Crippen LogP contribution in [0.15, 0.2) is 36.4 Å². The number of rotatable bonds is 5. The second kappa shape index (κ2) is 8.84. The predicted octanol–water partition coefficient (Wildman–Crippen LogP) is 5.51. The Morgan fingerprint density at radius 1 is 1.21 bits per heavy atom. The molecule has 3 heterocycles. The number of amides is 2. The van der Waals surface area contributed by atoms with E-state index in [1.165, 1.54) is 17.0 Å². The zero-order valence-electron chi connectivity index (χ0n) is 20.1. The second-order valence-electron chi connectivity index (χ2n) is 10.2. The van der Waals surface area contributed by atoms with Crippen LogP contribution in [-0.2, 0) is 24.3 Å². The van der Waals surface area contributed by atoms with E-state index >= 15 is 0 Å². The Hall–Kier alpha value is -2.67. The average Bonchev–Trinajstić information content (AvgIpc) is 3.37. The maximum Gasteiger partial charge on any atom is 0.271 e. The summed E-state index contributed by atoms with van der Waals surface area (Å²) in [5, 5.41) is 3.27. The average molecular weight is 482 g/mol. The number of carbonyl (C=O) groups is 2. The summed E-state index contributed by atoms with van der Waals surface area (Å²) in [5.74, 6) is 0.0223. The molecule has 34 heavy (non-hydrogen) atoms. The molecule has 1 atom stereocenters. The number of halogens is 1. The van der Waals surface area contributed by atoms with Crippen LogP contribution in [0, 0.1) is 11.7 Å². The van der Waals surface area contributed by atoms with Gasteiger partial charge in [0.2, 0.25) is 5.91 Å². The van der Waals surface area contributed by atoms with Gasteiger partial charge in [0.25, 0.3) is 5.91 Å². The van der Waals surface area contributed by atoms with Gasteiger partial charge >= 0.3 is 0 Å². The first kappa shape index (κ1) is 23.1. The predicted molar refractivity (Wildman–Crippen MR) is 133 cm³/mol. The van der Waals surface area contributed by atoms with Crippen molar-refractivity contribution >= 4 is 33.4 Å². The molecule has 0 saturated heterocycles. The highest BCUT2D eigenvalue weighted by atomic mass is 32.1. The number of benzene rings is 1. The molecule has 1 aliphatic heterocycles. The van der Waals surface area contributed by atoms with Gasteiger partial charge in [0, 0.05) is 17.5 Å². The third-order valence-corrected chi connectivity index (χ3v) is 8.80. The van der Waals surface area contributed by atoms with Gasteiger partial charge in [-0.3, -0.25) is 9.59 Å². The van der Waals surface area contributed by atoms with E-state index in [1.54, 1.807) is 28.4 Å². The molecule has 5 rings (SSSR count). The van der Waals surface area contributed by atoms with Gasteiger partial charge in [-0.25, -0.2) is 4.39 Å². The van der Waals surface area contributed by atoms with Crippen molar-refractivity contribution in [2.75, 3.05) is 0 Å². The fourth-order valence-electron chi connectivity index (χ4n) is 5.37. The van der Waals surface area contributed by atoms with E-state index in [0.29, 0.717) is 23.7 Å². The number of nitrogens with zero attached hydrogens (tertiary/aromatic N) is 2. The summed E-state index contributed by atoms with van der Waals surface area (Å²) in [6.45, 7) is 6.79. The van der Waals surface area contributed by atoms with Gasteiger partial charge in [0.1, 0.15) is 17.1 Å². The van der Waals surface area contributed by atoms with Crippen LogP contribution in [-0.4, -0.2) is 32.9 Å². The fraction of sp³-hybridized carbons (Fsp3) is 0.481. The minimum Gasteiger partial charge on any atom is -0.351 e. The van der Waals surface area contributed by atoms with Crippen LogP contribution in [0.3, 0.4) is 0 Å². The Labute approximate surface area is 203 Å². The topological polar surface area (TPSA) is 54.3 Å². The van der Waals surface area contributed by atoms with Crippen LogP contribution in [0.1, 0.15) is 67.4 Å². The van der Waals surface area contributed by atoms with E-state index in [1.807, 2.05) is 17.6 Å². The van der Waals surface area contributed by atoms with Gasteiger partial charge in [-0.1, -0.05) is 26.0 Å². The lowest BCUT2D eigenvalue weighted by molar-refractivity contribution is -0.134. The number of carbonyl (C=O) groups excluding carboxylic acids is 2. The molecule has 7 heteroatoms. The van der Waals surface area contributed by atoms with Crippen LogP contribution in [0.5, 0.6) is 0 Å². The zero-order valence-corrected chi connectivity index (χ0v) is 20.9. The van der Waals surface area contributed by atoms with Gasteiger partial charge in [-0.2, -0.15) is 0 Å². The summed E-state index contributed by atoms with van der Waals surface area (Å²) in [7, 11) is 0. The molecule has 1 N–H and O–H groups in total. The highest BCUT2D eigenvalue weighted by Gasteiger charge is 2.48. The van der Waals surface area contributed by atoms with Crippen molar-refractivity contribution in [2.24, 2.45) is 5.92 Å². The Balaban J connectivity index is 1.52. The molecular formula is C27H32FN3O2S. The van der Waals surface area contributed by atoms with Gasteiger partial charge < -0.3 is 14.8 Å². The highest BCUT2D eigenvalue weighted by molar-refractivity contribution is 7.19. The van der Waals surface area contributed by atoms with Crippen molar-refractivity contribution in [2.45, 2.75) is 77.5 Å². The summed E-state index contributed by atoms with van der Waals surface area (Å²) in [5.41, 5.74) is 1.20. The van der Waals surface area contributed by atoms with Crippen molar-refractivity contribution in [3.05, 3.63) is 58.3 Å². The van der Waals surface area contributed by atoms with E-state index in [4.69, 9.17) is 0 Å². The van der Waals surface area contributed by atoms with Gasteiger partial charge in [0.05, 0.1) is 16.8 Å². The summed E-state index contributed by atoms with van der Waals surface area (Å²) in [6, 6.07) is 10.5. The van der Waals surface area contributed by atoms with E-state index in [-0.39, 0.29) is 30.2 Å². The molecule has 2 aliphatic rings. The van der Waals surface area contributed by atoms with Crippen molar-refractivity contribution in [1.29, 1.82) is 0 Å². The molecule has 180 valence electrons. The fourth-order valence-corrected chi connectivity index (χ4v) is 6.42. The third-order valence-electron chi connectivity index (χ3n) is 7.59. The van der Waals surface area contributed by atoms with Crippen LogP contribution >= 0.6 is 11.3 Å². The second-order valence-corrected chi connectivity index (χ2v) is 11.3. The number of hydrogen-bond acceptors (Lipinski definition) is 3. The molecule has 1 fully saturated rings. The molecule has 0 radical (unpaired) electrons. The largest absolute Gasteiger partial charge is 0.351 e. The Morgan fingerprint density at radius 2 is 1.97 bits per heavy atom. The summed E-state index contributed by atoms with van der Waals surface area (Å²) in [4.78, 5) is 30.5. The first-order valence-corrected chi connectivity index (χ1v) is 13.1. The van der Waals surface area contributed by atoms with Crippen molar-refractivity contribution in [1.82, 2.24) is 14.8 Å². The van der Waals surface area contributed by atoms with Crippen molar-refractivity contribution in [3.63, 3.8) is 0 Å². The van der Waals surface area contributed by atoms with Crippen LogP contribution in [0.4, 0.5) is 4.39 Å². The molecule has 1 aromatic carbocycles. The molecule has 2 amide bonds. The molecule has 0 unspecified atom stereocenters. The molecule has 2 aromatic heterocycles. The maximum atomic E-state index is 13.9. The highest BCUT2D eigenvalue weighted by Crippen LogP contribution is 2.37. The standard InChI is InChI=1S/C27H32FN3O2S/c1-4-21-13-22-24(34-21)14-23-25(32)31(15-18-6-5-7-19(28)12-18)27(3,16-30(22)23)26(33)29-20-10-8-17(2)9-11-20/h5-7,12-14,17,20H,4,8-11,15-16H2,1-3H3,(H,29,33)/t17?,20?,27-/m0/s1. The molecule has 5 nitrogen and oxygen atoms in total. The van der Waals surface area contributed by atoms with E-state index < -0.39 is 5.54 Å². The lowest BCUT2D eigenvalue weighted by Crippen LogP contribution is -2.64. The zero-order chi connectivity index (χ0) is 24.0. The molecule has 1 saturated carbocycles. The molecule has 1 aliphatic carbocycles. The number of hydrogen-bond donors (Lipinski definition) is 1. The number of aryl methyl sites for hydroxylation is 1. The summed E-state index contributed by atoms with van der Waals surface area (Å²) in [6.07, 6.45) is 5.07. The molecule has 3 aromatic rings. The van der Waals surface area contributed by atoms with Crippen LogP contribution in [0.25, 0.3) is 10.2 Å². The maximum absolute atomic E-state index is 13.9. The van der Waals surface area contributed by atoms with Gasteiger partial charge in [-0.05, 0) is 74.8 Å². The Morgan fingerprint density at radius 3 is 2.68 bits per heavy atom. The minimum atomic E-state index is -1.08. The van der Waals surface area contributed by atoms with Crippen LogP contribution < -0.4 is 5.32 Å². The van der Waals surface area contributed by atoms with E-state index in [2.05, 4.69) is 25.2 Å². The first-order valence-electron chi connectivity index (χ1n) is 12.3. The number of aromatic nitrogens is 1. The number of nitrogens with one attached hydrogen (secondary N) is 1. The first-order chi connectivity index (χ1) is 16.3. The normalized spacial score (nSPS) is 24.9. The van der Waals surface area contributed by atoms with Gasteiger partial charge in [-0.15, -0.1) is 11.3 Å². The van der Waals surface area contributed by atoms with Crippen molar-refractivity contribution < 1.29 is 14.0 Å². The lowest BCUT2D eigenvalue weighted by atomic mass is 9.86. The minimum absolute atomic E-state index is 0.129. The van der Waals surface area contributed by atoms with E-state index in [0.717, 1.165) is 42.3 Å². The quantitative estimate of drug-likeness (QED) is 0.522.